The summed E-state index contributed by atoms with van der Waals surface area (Å²) in [6.45, 7) is 10.2. The molecule has 0 radical (unpaired) electrons. The summed E-state index contributed by atoms with van der Waals surface area (Å²) in [5.74, 6) is -6.29. The van der Waals surface area contributed by atoms with Crippen LogP contribution in [0, 0.1) is 17.8 Å². The van der Waals surface area contributed by atoms with Gasteiger partial charge in [-0.15, -0.1) is 0 Å². The van der Waals surface area contributed by atoms with Crippen LogP contribution in [-0.2, 0) is 38.4 Å². The zero-order valence-electron chi connectivity index (χ0n) is 29.4. The molecule has 12 N–H and O–H groups in total. The zero-order chi connectivity index (χ0) is 38.0. The molecule has 0 aromatic carbocycles. The van der Waals surface area contributed by atoms with Crippen molar-refractivity contribution in [2.75, 3.05) is 13.2 Å². The number of hydrogen-bond acceptors (Lipinski definition) is 11. The van der Waals surface area contributed by atoms with E-state index in [4.69, 9.17) is 11.5 Å². The number of aldehydes is 1. The molecular weight excluding hydrogens is 644 g/mol. The third kappa shape index (κ3) is 16.7. The van der Waals surface area contributed by atoms with Gasteiger partial charge >= 0.3 is 0 Å². The molecule has 0 saturated carbocycles. The number of rotatable bonds is 23. The molecule has 8 atom stereocenters. The van der Waals surface area contributed by atoms with Crippen molar-refractivity contribution in [3.05, 3.63) is 0 Å². The molecule has 280 valence electrons. The van der Waals surface area contributed by atoms with Gasteiger partial charge in [-0.05, 0) is 37.5 Å². The topological polar surface area (TPSA) is 301 Å². The van der Waals surface area contributed by atoms with E-state index in [1.165, 1.54) is 6.92 Å². The molecule has 0 aliphatic carbocycles. The van der Waals surface area contributed by atoms with Crippen molar-refractivity contribution in [1.29, 1.82) is 0 Å². The van der Waals surface area contributed by atoms with Crippen molar-refractivity contribution in [2.24, 2.45) is 29.2 Å². The molecule has 0 aliphatic rings. The molecule has 0 spiro atoms. The highest BCUT2D eigenvalue weighted by molar-refractivity contribution is 5.96. The largest absolute Gasteiger partial charge is 0.394 e. The Balaban J connectivity index is 5.60. The van der Waals surface area contributed by atoms with Gasteiger partial charge in [0.05, 0.1) is 25.3 Å². The van der Waals surface area contributed by atoms with Crippen molar-refractivity contribution in [3.63, 3.8) is 0 Å². The van der Waals surface area contributed by atoms with Crippen LogP contribution in [0.3, 0.4) is 0 Å². The van der Waals surface area contributed by atoms with Gasteiger partial charge < -0.3 is 58.4 Å². The van der Waals surface area contributed by atoms with E-state index in [2.05, 4.69) is 31.9 Å². The Morgan fingerprint density at radius 1 is 0.755 bits per heavy atom. The van der Waals surface area contributed by atoms with Crippen LogP contribution in [0.25, 0.3) is 0 Å². The molecule has 7 amide bonds. The van der Waals surface area contributed by atoms with Crippen LogP contribution in [0.1, 0.15) is 74.1 Å². The number of primary amides is 1. The van der Waals surface area contributed by atoms with Gasteiger partial charge in [-0.3, -0.25) is 33.6 Å². The fraction of sp³-hybridized carbons (Fsp3) is 0.742. The van der Waals surface area contributed by atoms with Gasteiger partial charge in [0.1, 0.15) is 36.5 Å². The van der Waals surface area contributed by atoms with Gasteiger partial charge in [0, 0.05) is 6.42 Å². The smallest absolute Gasteiger partial charge is 0.245 e. The minimum absolute atomic E-state index is 0.0245. The molecule has 0 aromatic rings. The minimum Gasteiger partial charge on any atom is -0.394 e. The van der Waals surface area contributed by atoms with E-state index in [1.54, 1.807) is 41.5 Å². The predicted molar refractivity (Wildman–Crippen MR) is 178 cm³/mol. The summed E-state index contributed by atoms with van der Waals surface area (Å²) in [7, 11) is 0. The lowest BCUT2D eigenvalue weighted by atomic mass is 9.96. The number of amides is 7. The molecule has 18 heteroatoms. The number of carbonyl (C=O) groups is 8. The fourth-order valence-corrected chi connectivity index (χ4v) is 4.40. The summed E-state index contributed by atoms with van der Waals surface area (Å²) in [6, 6.07) is -7.23. The SMILES string of the molecule is CC[C@H](C)[C@H](NC(=O)[C@H](CC(C)C)NC(=O)[C@H](CO)NC(=O)CNC(=O)[C@@H](NC(=O)[C@@H](N)[C@@H](C)O)C(C)C)C(=O)N[C@H](C=O)CCC(N)=O. The summed E-state index contributed by atoms with van der Waals surface area (Å²) in [6.07, 6.45) is -0.297. The maximum Gasteiger partial charge on any atom is 0.245 e. The van der Waals surface area contributed by atoms with Crippen molar-refractivity contribution >= 4 is 47.6 Å². The highest BCUT2D eigenvalue weighted by atomic mass is 16.3. The number of carbonyl (C=O) groups excluding carboxylic acids is 8. The van der Waals surface area contributed by atoms with E-state index in [9.17, 15) is 48.6 Å². The maximum absolute atomic E-state index is 13.4. The summed E-state index contributed by atoms with van der Waals surface area (Å²) in [4.78, 5) is 99.8. The lowest BCUT2D eigenvalue weighted by Crippen LogP contribution is -2.60. The van der Waals surface area contributed by atoms with Crippen LogP contribution in [0.4, 0.5) is 0 Å². The average Bonchev–Trinajstić information content (AvgIpc) is 3.03. The monoisotopic (exact) mass is 700 g/mol. The lowest BCUT2D eigenvalue weighted by molar-refractivity contribution is -0.135. The lowest BCUT2D eigenvalue weighted by Gasteiger charge is -2.28. The average molecular weight is 701 g/mol. The number of nitrogens with one attached hydrogen (secondary N) is 6. The zero-order valence-corrected chi connectivity index (χ0v) is 29.4. The first-order valence-electron chi connectivity index (χ1n) is 16.4. The molecular formula is C31H56N8O10. The third-order valence-corrected chi connectivity index (χ3v) is 7.65. The van der Waals surface area contributed by atoms with E-state index in [0.717, 1.165) is 0 Å². The third-order valence-electron chi connectivity index (χ3n) is 7.65. The summed E-state index contributed by atoms with van der Waals surface area (Å²) in [5, 5.41) is 34.1. The van der Waals surface area contributed by atoms with Gasteiger partial charge in [-0.1, -0.05) is 48.0 Å². The Morgan fingerprint density at radius 2 is 1.33 bits per heavy atom. The van der Waals surface area contributed by atoms with E-state index < -0.39 is 109 Å². The minimum atomic E-state index is -1.52. The van der Waals surface area contributed by atoms with E-state index in [-0.39, 0.29) is 25.2 Å². The van der Waals surface area contributed by atoms with Crippen molar-refractivity contribution < 1.29 is 48.6 Å². The Bertz CT molecular complexity index is 1150. The van der Waals surface area contributed by atoms with Crippen LogP contribution in [0.2, 0.25) is 0 Å². The number of hydrogen-bond donors (Lipinski definition) is 10. The molecule has 0 saturated heterocycles. The first kappa shape index (κ1) is 44.8. The van der Waals surface area contributed by atoms with Gasteiger partial charge in [0.15, 0.2) is 0 Å². The standard InChI is InChI=1S/C31H56N8O10/c1-8-17(6)26(31(49)35-19(13-40)9-10-22(32)43)39-27(45)20(11-15(2)3)37-28(46)21(14-41)36-23(44)12-34-30(48)25(16(4)5)38-29(47)24(33)18(7)42/h13,15-21,24-26,41-42H,8-12,14,33H2,1-7H3,(H2,32,43)(H,34,48)(H,35,49)(H,36,44)(H,37,46)(H,38,47)(H,39,45)/t17-,18+,19-,20-,21-,24-,25-,26-/m0/s1. The van der Waals surface area contributed by atoms with Crippen molar-refractivity contribution in [2.45, 2.75) is 117 Å². The second-order valence-corrected chi connectivity index (χ2v) is 12.8. The predicted octanol–water partition coefficient (Wildman–Crippen LogP) is -3.56. The number of aliphatic hydroxyl groups excluding tert-OH is 2. The first-order valence-corrected chi connectivity index (χ1v) is 16.4. The van der Waals surface area contributed by atoms with Crippen LogP contribution in [-0.4, -0.2) is 113 Å². The van der Waals surface area contributed by atoms with Gasteiger partial charge in [0.2, 0.25) is 41.4 Å². The molecule has 18 nitrogen and oxygen atoms in total. The molecule has 0 aromatic heterocycles. The number of nitrogens with two attached hydrogens (primary N) is 2. The van der Waals surface area contributed by atoms with Crippen molar-refractivity contribution in [3.8, 4) is 0 Å². The van der Waals surface area contributed by atoms with E-state index in [0.29, 0.717) is 12.7 Å². The molecule has 0 heterocycles. The Kier molecular flexibility index (Phi) is 20.6. The Morgan fingerprint density at radius 3 is 1.80 bits per heavy atom. The van der Waals surface area contributed by atoms with Crippen molar-refractivity contribution in [1.82, 2.24) is 31.9 Å². The number of aliphatic hydroxyl groups is 2. The first-order chi connectivity index (χ1) is 22.8. The van der Waals surface area contributed by atoms with Gasteiger partial charge in [-0.2, -0.15) is 0 Å². The Labute approximate surface area is 287 Å². The van der Waals surface area contributed by atoms with Crippen LogP contribution >= 0.6 is 0 Å². The Hall–Kier alpha value is -4.16. The molecule has 0 fully saturated rings. The van der Waals surface area contributed by atoms with Crippen LogP contribution < -0.4 is 43.4 Å². The van der Waals surface area contributed by atoms with Gasteiger partial charge in [0.25, 0.3) is 0 Å². The molecule has 0 aliphatic heterocycles. The fourth-order valence-electron chi connectivity index (χ4n) is 4.40. The van der Waals surface area contributed by atoms with E-state index >= 15 is 0 Å². The summed E-state index contributed by atoms with van der Waals surface area (Å²) < 4.78 is 0. The van der Waals surface area contributed by atoms with Crippen LogP contribution in [0.15, 0.2) is 0 Å². The second kappa shape index (κ2) is 22.5. The molecule has 0 rings (SSSR count). The normalized spacial score (nSPS) is 16.1. The van der Waals surface area contributed by atoms with Crippen LogP contribution in [0.5, 0.6) is 0 Å². The molecule has 0 bridgehead atoms. The van der Waals surface area contributed by atoms with Gasteiger partial charge in [-0.25, -0.2) is 0 Å². The second-order valence-electron chi connectivity index (χ2n) is 12.8. The summed E-state index contributed by atoms with van der Waals surface area (Å²) in [5.41, 5.74) is 10.8. The summed E-state index contributed by atoms with van der Waals surface area (Å²) >= 11 is 0. The van der Waals surface area contributed by atoms with E-state index in [1.807, 2.05) is 0 Å². The highest BCUT2D eigenvalue weighted by Gasteiger charge is 2.33. The quantitative estimate of drug-likeness (QED) is 0.0465. The highest BCUT2D eigenvalue weighted by Crippen LogP contribution is 2.12. The maximum atomic E-state index is 13.4. The molecule has 0 unspecified atom stereocenters. The molecule has 49 heavy (non-hydrogen) atoms.